The summed E-state index contributed by atoms with van der Waals surface area (Å²) in [6, 6.07) is 11.1. The van der Waals surface area contributed by atoms with Crippen molar-refractivity contribution in [1.29, 1.82) is 0 Å². The maximum atomic E-state index is 12.4. The SMILES string of the molecule is COc1ccc(OC)c(NC(=O)CN(c2ccc(Cl)cc2)S(C)(=O)=O)c1. The first kappa shape index (κ1) is 19.9. The molecule has 0 atom stereocenters. The molecule has 0 saturated carbocycles. The van der Waals surface area contributed by atoms with Crippen molar-refractivity contribution in [2.24, 2.45) is 0 Å². The van der Waals surface area contributed by atoms with Gasteiger partial charge in [0.05, 0.1) is 31.9 Å². The van der Waals surface area contributed by atoms with Crippen LogP contribution in [0.4, 0.5) is 11.4 Å². The highest BCUT2D eigenvalue weighted by Crippen LogP contribution is 2.29. The molecule has 0 heterocycles. The van der Waals surface area contributed by atoms with Crippen LogP contribution in [0.15, 0.2) is 42.5 Å². The third-order valence-electron chi connectivity index (χ3n) is 3.48. The van der Waals surface area contributed by atoms with Crippen LogP contribution in [-0.4, -0.2) is 41.3 Å². The average Bonchev–Trinajstić information content (AvgIpc) is 2.59. The number of amides is 1. The van der Waals surface area contributed by atoms with Crippen LogP contribution in [0, 0.1) is 0 Å². The van der Waals surface area contributed by atoms with Gasteiger partial charge in [-0.3, -0.25) is 9.10 Å². The summed E-state index contributed by atoms with van der Waals surface area (Å²) in [5.74, 6) is 0.423. The summed E-state index contributed by atoms with van der Waals surface area (Å²) in [6.07, 6.45) is 1.03. The van der Waals surface area contributed by atoms with Crippen LogP contribution in [0.2, 0.25) is 5.02 Å². The number of methoxy groups -OCH3 is 2. The number of carbonyl (C=O) groups excluding carboxylic acids is 1. The smallest absolute Gasteiger partial charge is 0.245 e. The molecule has 140 valence electrons. The van der Waals surface area contributed by atoms with Crippen molar-refractivity contribution >= 4 is 38.9 Å². The molecule has 0 aliphatic heterocycles. The standard InChI is InChI=1S/C17H19ClN2O5S/c1-24-14-8-9-16(25-2)15(10-14)19-17(21)11-20(26(3,22)23)13-6-4-12(18)5-7-13/h4-10H,11H2,1-3H3,(H,19,21). The van der Waals surface area contributed by atoms with Crippen molar-refractivity contribution < 1.29 is 22.7 Å². The van der Waals surface area contributed by atoms with E-state index in [9.17, 15) is 13.2 Å². The molecule has 9 heteroatoms. The van der Waals surface area contributed by atoms with Crippen molar-refractivity contribution in [1.82, 2.24) is 0 Å². The Morgan fingerprint density at radius 1 is 1.12 bits per heavy atom. The van der Waals surface area contributed by atoms with Crippen molar-refractivity contribution in [3.05, 3.63) is 47.5 Å². The van der Waals surface area contributed by atoms with Crippen LogP contribution in [0.25, 0.3) is 0 Å². The van der Waals surface area contributed by atoms with E-state index in [0.717, 1.165) is 10.6 Å². The fraction of sp³-hybridized carbons (Fsp3) is 0.235. The number of carbonyl (C=O) groups is 1. The van der Waals surface area contributed by atoms with Gasteiger partial charge in [-0.1, -0.05) is 11.6 Å². The van der Waals surface area contributed by atoms with E-state index < -0.39 is 22.5 Å². The first-order valence-corrected chi connectivity index (χ1v) is 9.72. The summed E-state index contributed by atoms with van der Waals surface area (Å²) >= 11 is 5.83. The largest absolute Gasteiger partial charge is 0.497 e. The fourth-order valence-electron chi connectivity index (χ4n) is 2.24. The molecule has 0 aliphatic rings. The summed E-state index contributed by atoms with van der Waals surface area (Å²) in [6.45, 7) is -0.402. The van der Waals surface area contributed by atoms with Crippen LogP contribution in [0.3, 0.4) is 0 Å². The first-order chi connectivity index (χ1) is 12.2. The third-order valence-corrected chi connectivity index (χ3v) is 4.88. The van der Waals surface area contributed by atoms with Gasteiger partial charge in [0, 0.05) is 11.1 Å². The van der Waals surface area contributed by atoms with Crippen molar-refractivity contribution in [2.75, 3.05) is 36.6 Å². The Labute approximate surface area is 157 Å². The predicted molar refractivity (Wildman–Crippen MR) is 102 cm³/mol. The van der Waals surface area contributed by atoms with Crippen molar-refractivity contribution in [3.8, 4) is 11.5 Å². The second-order valence-corrected chi connectivity index (χ2v) is 7.70. The highest BCUT2D eigenvalue weighted by atomic mass is 35.5. The van der Waals surface area contributed by atoms with Gasteiger partial charge in [0.15, 0.2) is 0 Å². The zero-order valence-electron chi connectivity index (χ0n) is 14.5. The summed E-state index contributed by atoms with van der Waals surface area (Å²) in [7, 11) is -0.708. The number of rotatable bonds is 7. The molecule has 0 aromatic heterocycles. The number of hydrogen-bond acceptors (Lipinski definition) is 5. The van der Waals surface area contributed by atoms with Gasteiger partial charge in [0.25, 0.3) is 0 Å². The highest BCUT2D eigenvalue weighted by molar-refractivity contribution is 7.92. The van der Waals surface area contributed by atoms with Crippen LogP contribution in [0.5, 0.6) is 11.5 Å². The lowest BCUT2D eigenvalue weighted by Crippen LogP contribution is -2.37. The lowest BCUT2D eigenvalue weighted by atomic mass is 10.2. The summed E-state index contributed by atoms with van der Waals surface area (Å²) < 4.78 is 35.5. The quantitative estimate of drug-likeness (QED) is 0.775. The Kier molecular flexibility index (Phi) is 6.33. The lowest BCUT2D eigenvalue weighted by molar-refractivity contribution is -0.114. The maximum Gasteiger partial charge on any atom is 0.245 e. The fourth-order valence-corrected chi connectivity index (χ4v) is 3.22. The topological polar surface area (TPSA) is 84.9 Å². The average molecular weight is 399 g/mol. The predicted octanol–water partition coefficient (Wildman–Crippen LogP) is 2.76. The van der Waals surface area contributed by atoms with E-state index in [0.29, 0.717) is 27.9 Å². The number of benzene rings is 2. The Morgan fingerprint density at radius 2 is 1.77 bits per heavy atom. The van der Waals surface area contributed by atoms with E-state index >= 15 is 0 Å². The number of anilines is 2. The van der Waals surface area contributed by atoms with Crippen molar-refractivity contribution in [2.45, 2.75) is 0 Å². The molecule has 7 nitrogen and oxygen atoms in total. The Bertz CT molecular complexity index is 885. The summed E-state index contributed by atoms with van der Waals surface area (Å²) in [5.41, 5.74) is 0.714. The van der Waals surface area contributed by atoms with Gasteiger partial charge in [-0.25, -0.2) is 8.42 Å². The Hall–Kier alpha value is -2.45. The molecule has 26 heavy (non-hydrogen) atoms. The number of ether oxygens (including phenoxy) is 2. The summed E-state index contributed by atoms with van der Waals surface area (Å²) in [4.78, 5) is 12.4. The molecule has 2 aromatic rings. The minimum atomic E-state index is -3.67. The molecule has 0 aliphatic carbocycles. The van der Waals surface area contributed by atoms with Crippen LogP contribution in [-0.2, 0) is 14.8 Å². The van der Waals surface area contributed by atoms with Crippen molar-refractivity contribution in [3.63, 3.8) is 0 Å². The van der Waals surface area contributed by atoms with Gasteiger partial charge < -0.3 is 14.8 Å². The third kappa shape index (κ3) is 5.03. The minimum absolute atomic E-state index is 0.338. The molecule has 1 amide bonds. The van der Waals surface area contributed by atoms with E-state index in [4.69, 9.17) is 21.1 Å². The van der Waals surface area contributed by atoms with Gasteiger partial charge in [0.2, 0.25) is 15.9 Å². The second kappa shape index (κ2) is 8.29. The van der Waals surface area contributed by atoms with E-state index in [1.54, 1.807) is 30.3 Å². The van der Waals surface area contributed by atoms with Crippen LogP contribution < -0.4 is 19.1 Å². The van der Waals surface area contributed by atoms with Gasteiger partial charge in [-0.15, -0.1) is 0 Å². The second-order valence-electron chi connectivity index (χ2n) is 5.36. The van der Waals surface area contributed by atoms with Crippen LogP contribution >= 0.6 is 11.6 Å². The molecule has 2 aromatic carbocycles. The minimum Gasteiger partial charge on any atom is -0.497 e. The number of sulfonamides is 1. The molecule has 1 N–H and O–H groups in total. The van der Waals surface area contributed by atoms with Gasteiger partial charge in [0.1, 0.15) is 18.0 Å². The normalized spacial score (nSPS) is 10.9. The molecule has 0 spiro atoms. The number of hydrogen-bond donors (Lipinski definition) is 1. The molecule has 0 unspecified atom stereocenters. The van der Waals surface area contributed by atoms with Gasteiger partial charge in [-0.2, -0.15) is 0 Å². The molecule has 0 saturated heterocycles. The number of nitrogens with zero attached hydrogens (tertiary/aromatic N) is 1. The molecule has 2 rings (SSSR count). The van der Waals surface area contributed by atoms with Gasteiger partial charge >= 0.3 is 0 Å². The van der Waals surface area contributed by atoms with Gasteiger partial charge in [-0.05, 0) is 36.4 Å². The first-order valence-electron chi connectivity index (χ1n) is 7.49. The van der Waals surface area contributed by atoms with E-state index in [-0.39, 0.29) is 0 Å². The molecule has 0 bridgehead atoms. The van der Waals surface area contributed by atoms with Crippen LogP contribution in [0.1, 0.15) is 0 Å². The molecule has 0 radical (unpaired) electrons. The lowest BCUT2D eigenvalue weighted by Gasteiger charge is -2.22. The molecular weight excluding hydrogens is 380 g/mol. The number of halogens is 1. The summed E-state index contributed by atoms with van der Waals surface area (Å²) in [5, 5.41) is 3.11. The monoisotopic (exact) mass is 398 g/mol. The van der Waals surface area contributed by atoms with E-state index in [1.807, 2.05) is 0 Å². The Morgan fingerprint density at radius 3 is 2.31 bits per heavy atom. The highest BCUT2D eigenvalue weighted by Gasteiger charge is 2.21. The molecule has 0 fully saturated rings. The maximum absolute atomic E-state index is 12.4. The number of nitrogens with one attached hydrogen (secondary N) is 1. The van der Waals surface area contributed by atoms with E-state index in [2.05, 4.69) is 5.32 Å². The Balaban J connectivity index is 2.24. The zero-order chi connectivity index (χ0) is 19.3. The van der Waals surface area contributed by atoms with E-state index in [1.165, 1.54) is 26.4 Å². The molecular formula is C17H19ClN2O5S. The zero-order valence-corrected chi connectivity index (χ0v) is 16.1.